The maximum atomic E-state index is 13.4. The molecule has 1 amide bonds. The van der Waals surface area contributed by atoms with Gasteiger partial charge in [-0.1, -0.05) is 24.3 Å². The van der Waals surface area contributed by atoms with E-state index >= 15 is 0 Å². The standard InChI is InChI=1S/C22H26N2O4S/c25-16-17-6-4-12-23(15-17)22(26)19-8-3-10-20(14-19)29(27,28)24-13-5-9-18-7-1-2-11-21(18)24/h1-3,7-8,10-11,14,17,25H,4-6,9,12-13,15-16H2. The summed E-state index contributed by atoms with van der Waals surface area (Å²) >= 11 is 0. The van der Waals surface area contributed by atoms with Gasteiger partial charge in [0.2, 0.25) is 0 Å². The third-order valence-corrected chi connectivity index (χ3v) is 7.61. The van der Waals surface area contributed by atoms with E-state index < -0.39 is 10.0 Å². The van der Waals surface area contributed by atoms with Gasteiger partial charge in [-0.15, -0.1) is 0 Å². The van der Waals surface area contributed by atoms with Crippen molar-refractivity contribution in [2.45, 2.75) is 30.6 Å². The minimum absolute atomic E-state index is 0.0621. The number of para-hydroxylation sites is 1. The maximum Gasteiger partial charge on any atom is 0.264 e. The van der Waals surface area contributed by atoms with Crippen LogP contribution in [0, 0.1) is 5.92 Å². The average Bonchev–Trinajstić information content (AvgIpc) is 2.78. The number of carbonyl (C=O) groups excluding carboxylic acids is 1. The summed E-state index contributed by atoms with van der Waals surface area (Å²) in [5.41, 5.74) is 2.12. The number of piperidine rings is 1. The maximum absolute atomic E-state index is 13.4. The molecule has 6 nitrogen and oxygen atoms in total. The highest BCUT2D eigenvalue weighted by atomic mass is 32.2. The van der Waals surface area contributed by atoms with Crippen molar-refractivity contribution in [3.05, 3.63) is 59.7 Å². The number of rotatable bonds is 4. The summed E-state index contributed by atoms with van der Waals surface area (Å²) in [4.78, 5) is 14.8. The highest BCUT2D eigenvalue weighted by Crippen LogP contribution is 2.32. The first-order valence-corrected chi connectivity index (χ1v) is 11.6. The Morgan fingerprint density at radius 2 is 1.90 bits per heavy atom. The Bertz CT molecular complexity index is 1010. The predicted molar refractivity (Wildman–Crippen MR) is 111 cm³/mol. The number of hydrogen-bond donors (Lipinski definition) is 1. The van der Waals surface area contributed by atoms with Crippen LogP contribution >= 0.6 is 0 Å². The number of fused-ring (bicyclic) bond motifs is 1. The molecule has 1 atom stereocenters. The molecule has 2 heterocycles. The molecular weight excluding hydrogens is 388 g/mol. The first-order chi connectivity index (χ1) is 14.0. The molecule has 0 aliphatic carbocycles. The molecule has 1 N–H and O–H groups in total. The van der Waals surface area contributed by atoms with E-state index in [2.05, 4.69) is 0 Å². The second-order valence-electron chi connectivity index (χ2n) is 7.78. The summed E-state index contributed by atoms with van der Waals surface area (Å²) in [5, 5.41) is 9.41. The van der Waals surface area contributed by atoms with Crippen LogP contribution in [-0.2, 0) is 16.4 Å². The summed E-state index contributed by atoms with van der Waals surface area (Å²) in [7, 11) is -3.76. The molecule has 7 heteroatoms. The van der Waals surface area contributed by atoms with E-state index in [-0.39, 0.29) is 23.3 Å². The van der Waals surface area contributed by atoms with E-state index in [1.54, 1.807) is 23.1 Å². The Kier molecular flexibility index (Phi) is 5.61. The molecule has 2 aliphatic heterocycles. The van der Waals surface area contributed by atoms with Gasteiger partial charge in [0, 0.05) is 31.8 Å². The van der Waals surface area contributed by atoms with Crippen LogP contribution in [0.2, 0.25) is 0 Å². The van der Waals surface area contributed by atoms with Gasteiger partial charge in [0.05, 0.1) is 10.6 Å². The molecule has 29 heavy (non-hydrogen) atoms. The van der Waals surface area contributed by atoms with Crippen LogP contribution < -0.4 is 4.31 Å². The summed E-state index contributed by atoms with van der Waals surface area (Å²) in [6, 6.07) is 13.9. The number of aliphatic hydroxyl groups is 1. The molecular formula is C22H26N2O4S. The number of nitrogens with zero attached hydrogens (tertiary/aromatic N) is 2. The Balaban J connectivity index is 1.63. The van der Waals surface area contributed by atoms with Gasteiger partial charge in [0.15, 0.2) is 0 Å². The average molecular weight is 415 g/mol. The molecule has 2 aromatic carbocycles. The molecule has 4 rings (SSSR count). The summed E-state index contributed by atoms with van der Waals surface area (Å²) in [5.74, 6) is -0.0938. The van der Waals surface area contributed by atoms with E-state index in [1.807, 2.05) is 24.3 Å². The molecule has 0 aromatic heterocycles. The van der Waals surface area contributed by atoms with Crippen molar-refractivity contribution < 1.29 is 18.3 Å². The first-order valence-electron chi connectivity index (χ1n) is 10.1. The van der Waals surface area contributed by atoms with Crippen molar-refractivity contribution in [3.63, 3.8) is 0 Å². The fraction of sp³-hybridized carbons (Fsp3) is 0.409. The lowest BCUT2D eigenvalue weighted by molar-refractivity contribution is 0.0620. The molecule has 2 aromatic rings. The van der Waals surface area contributed by atoms with E-state index in [0.717, 1.165) is 36.9 Å². The van der Waals surface area contributed by atoms with Crippen LogP contribution in [0.5, 0.6) is 0 Å². The number of hydrogen-bond acceptors (Lipinski definition) is 4. The first kappa shape index (κ1) is 19.9. The molecule has 1 saturated heterocycles. The summed E-state index contributed by atoms with van der Waals surface area (Å²) < 4.78 is 28.2. The Morgan fingerprint density at radius 3 is 2.72 bits per heavy atom. The van der Waals surface area contributed by atoms with Crippen LogP contribution in [0.15, 0.2) is 53.4 Å². The van der Waals surface area contributed by atoms with Crippen molar-refractivity contribution in [2.24, 2.45) is 5.92 Å². The van der Waals surface area contributed by atoms with Gasteiger partial charge in [0.25, 0.3) is 15.9 Å². The van der Waals surface area contributed by atoms with Crippen molar-refractivity contribution >= 4 is 21.6 Å². The molecule has 1 unspecified atom stereocenters. The lowest BCUT2D eigenvalue weighted by Crippen LogP contribution is -2.41. The molecule has 2 aliphatic rings. The largest absolute Gasteiger partial charge is 0.396 e. The number of likely N-dealkylation sites (tertiary alicyclic amines) is 1. The van der Waals surface area contributed by atoms with Crippen molar-refractivity contribution in [2.75, 3.05) is 30.5 Å². The number of aryl methyl sites for hydroxylation is 1. The quantitative estimate of drug-likeness (QED) is 0.834. The van der Waals surface area contributed by atoms with Crippen LogP contribution in [0.1, 0.15) is 35.2 Å². The summed E-state index contributed by atoms with van der Waals surface area (Å²) in [6.07, 6.45) is 3.38. The van der Waals surface area contributed by atoms with Crippen molar-refractivity contribution in [3.8, 4) is 0 Å². The molecule has 0 spiro atoms. The minimum Gasteiger partial charge on any atom is -0.396 e. The van der Waals surface area contributed by atoms with E-state index in [9.17, 15) is 18.3 Å². The molecule has 0 radical (unpaired) electrons. The minimum atomic E-state index is -3.76. The van der Waals surface area contributed by atoms with Gasteiger partial charge in [-0.3, -0.25) is 9.10 Å². The van der Waals surface area contributed by atoms with Crippen molar-refractivity contribution in [1.82, 2.24) is 4.90 Å². The second-order valence-corrected chi connectivity index (χ2v) is 9.64. The third-order valence-electron chi connectivity index (χ3n) is 5.80. The van der Waals surface area contributed by atoms with Crippen molar-refractivity contribution in [1.29, 1.82) is 0 Å². The monoisotopic (exact) mass is 414 g/mol. The Hall–Kier alpha value is -2.38. The predicted octanol–water partition coefficient (Wildman–Crippen LogP) is 2.67. The smallest absolute Gasteiger partial charge is 0.264 e. The highest BCUT2D eigenvalue weighted by molar-refractivity contribution is 7.92. The zero-order valence-electron chi connectivity index (χ0n) is 16.3. The third kappa shape index (κ3) is 3.89. The van der Waals surface area contributed by atoms with Gasteiger partial charge < -0.3 is 10.0 Å². The van der Waals surface area contributed by atoms with Crippen LogP contribution in [0.4, 0.5) is 5.69 Å². The number of carbonyl (C=O) groups is 1. The number of sulfonamides is 1. The number of benzene rings is 2. The van der Waals surface area contributed by atoms with E-state index in [4.69, 9.17) is 0 Å². The van der Waals surface area contributed by atoms with Gasteiger partial charge in [-0.2, -0.15) is 0 Å². The normalized spacial score (nSPS) is 19.7. The topological polar surface area (TPSA) is 77.9 Å². The Labute approximate surface area is 171 Å². The summed E-state index contributed by atoms with van der Waals surface area (Å²) in [6.45, 7) is 1.63. The fourth-order valence-electron chi connectivity index (χ4n) is 4.25. The zero-order valence-corrected chi connectivity index (χ0v) is 17.1. The number of anilines is 1. The zero-order chi connectivity index (χ0) is 20.4. The highest BCUT2D eigenvalue weighted by Gasteiger charge is 2.30. The van der Waals surface area contributed by atoms with Crippen LogP contribution in [-0.4, -0.2) is 50.6 Å². The molecule has 0 saturated carbocycles. The van der Waals surface area contributed by atoms with Crippen LogP contribution in [0.25, 0.3) is 0 Å². The number of aliphatic hydroxyl groups excluding tert-OH is 1. The fourth-order valence-corrected chi connectivity index (χ4v) is 5.83. The Morgan fingerprint density at radius 1 is 1.07 bits per heavy atom. The SMILES string of the molecule is O=C(c1cccc(S(=O)(=O)N2CCCc3ccccc32)c1)N1CCCC(CO)C1. The van der Waals surface area contributed by atoms with E-state index in [1.165, 1.54) is 10.4 Å². The molecule has 0 bridgehead atoms. The van der Waals surface area contributed by atoms with Gasteiger partial charge in [-0.05, 0) is 61.4 Å². The van der Waals surface area contributed by atoms with Crippen LogP contribution in [0.3, 0.4) is 0 Å². The lowest BCUT2D eigenvalue weighted by Gasteiger charge is -2.32. The lowest BCUT2D eigenvalue weighted by atomic mass is 9.98. The van der Waals surface area contributed by atoms with Gasteiger partial charge in [-0.25, -0.2) is 8.42 Å². The second kappa shape index (κ2) is 8.16. The van der Waals surface area contributed by atoms with E-state index in [0.29, 0.717) is 25.2 Å². The number of amides is 1. The molecule has 154 valence electrons. The molecule has 1 fully saturated rings. The van der Waals surface area contributed by atoms with Gasteiger partial charge >= 0.3 is 0 Å². The van der Waals surface area contributed by atoms with Gasteiger partial charge in [0.1, 0.15) is 0 Å².